The maximum atomic E-state index is 13.3. The van der Waals surface area contributed by atoms with Gasteiger partial charge < -0.3 is 14.4 Å². The molecule has 1 aliphatic heterocycles. The van der Waals surface area contributed by atoms with Crippen LogP contribution in [0.4, 0.5) is 4.39 Å². The van der Waals surface area contributed by atoms with Crippen molar-refractivity contribution in [1.29, 1.82) is 0 Å². The van der Waals surface area contributed by atoms with Crippen LogP contribution in [-0.2, 0) is 11.3 Å². The van der Waals surface area contributed by atoms with Crippen LogP contribution >= 0.6 is 0 Å². The number of hydrogen-bond donors (Lipinski definition) is 1. The summed E-state index contributed by atoms with van der Waals surface area (Å²) in [5.41, 5.74) is 0.918. The highest BCUT2D eigenvalue weighted by molar-refractivity contribution is 5.79. The van der Waals surface area contributed by atoms with Gasteiger partial charge in [0.15, 0.2) is 5.43 Å². The van der Waals surface area contributed by atoms with E-state index in [0.29, 0.717) is 29.8 Å². The van der Waals surface area contributed by atoms with Gasteiger partial charge in [0, 0.05) is 23.8 Å². The zero-order valence-corrected chi connectivity index (χ0v) is 10.3. The summed E-state index contributed by atoms with van der Waals surface area (Å²) in [4.78, 5) is 12.0. The number of halogens is 1. The smallest absolute Gasteiger partial charge is 0.189 e. The van der Waals surface area contributed by atoms with Crippen molar-refractivity contribution in [3.8, 4) is 0 Å². The van der Waals surface area contributed by atoms with E-state index < -0.39 is 5.82 Å². The monoisotopic (exact) mass is 263 g/mol. The van der Waals surface area contributed by atoms with Gasteiger partial charge in [-0.05, 0) is 24.6 Å². The van der Waals surface area contributed by atoms with E-state index in [2.05, 4.69) is 0 Å². The van der Waals surface area contributed by atoms with Gasteiger partial charge in [-0.1, -0.05) is 0 Å². The second-order valence-corrected chi connectivity index (χ2v) is 4.71. The third-order valence-electron chi connectivity index (χ3n) is 3.52. The van der Waals surface area contributed by atoms with Gasteiger partial charge >= 0.3 is 0 Å². The summed E-state index contributed by atoms with van der Waals surface area (Å²) in [6.45, 7) is 0.978. The molecule has 0 aliphatic carbocycles. The lowest BCUT2D eigenvalue weighted by Crippen LogP contribution is -2.19. The molecule has 1 N–H and O–H groups in total. The summed E-state index contributed by atoms with van der Waals surface area (Å²) in [6.07, 6.45) is 0.822. The van der Waals surface area contributed by atoms with E-state index in [1.807, 2.05) is 4.57 Å². The van der Waals surface area contributed by atoms with Crippen molar-refractivity contribution >= 4 is 10.9 Å². The number of rotatable bonds is 2. The Hall–Kier alpha value is -1.72. The van der Waals surface area contributed by atoms with Gasteiger partial charge in [-0.2, -0.15) is 0 Å². The Kier molecular flexibility index (Phi) is 3.08. The molecule has 0 saturated carbocycles. The predicted molar refractivity (Wildman–Crippen MR) is 68.6 cm³/mol. The lowest BCUT2D eigenvalue weighted by molar-refractivity contribution is 0.185. The largest absolute Gasteiger partial charge is 0.390 e. The minimum atomic E-state index is -0.435. The highest BCUT2D eigenvalue weighted by atomic mass is 19.1. The molecule has 1 aromatic heterocycles. The Morgan fingerprint density at radius 2 is 2.26 bits per heavy atom. The zero-order chi connectivity index (χ0) is 13.4. The molecule has 0 bridgehead atoms. The van der Waals surface area contributed by atoms with Crippen molar-refractivity contribution in [3.05, 3.63) is 46.0 Å². The first-order valence-electron chi connectivity index (χ1n) is 6.23. The first-order chi connectivity index (χ1) is 9.20. The van der Waals surface area contributed by atoms with E-state index in [0.717, 1.165) is 6.42 Å². The van der Waals surface area contributed by atoms with Crippen LogP contribution in [0.2, 0.25) is 0 Å². The predicted octanol–water partition coefficient (Wildman–Crippen LogP) is 1.59. The molecule has 0 amide bonds. The molecule has 2 aromatic rings. The number of aliphatic hydroxyl groups is 1. The number of aliphatic hydroxyl groups excluding tert-OH is 1. The summed E-state index contributed by atoms with van der Waals surface area (Å²) in [6, 6.07) is 5.61. The summed E-state index contributed by atoms with van der Waals surface area (Å²) in [5, 5.41) is 9.78. The van der Waals surface area contributed by atoms with Crippen LogP contribution in [0.5, 0.6) is 0 Å². The van der Waals surface area contributed by atoms with Gasteiger partial charge in [0.05, 0.1) is 24.8 Å². The zero-order valence-electron chi connectivity index (χ0n) is 10.3. The Bertz CT molecular complexity index is 674. The van der Waals surface area contributed by atoms with Crippen LogP contribution in [0.1, 0.15) is 18.2 Å². The second-order valence-electron chi connectivity index (χ2n) is 4.71. The molecule has 19 heavy (non-hydrogen) atoms. The molecular formula is C14H14FNO3. The topological polar surface area (TPSA) is 51.5 Å². The van der Waals surface area contributed by atoms with Crippen molar-refractivity contribution in [2.24, 2.45) is 0 Å². The fourth-order valence-corrected chi connectivity index (χ4v) is 2.65. The molecule has 5 heteroatoms. The quantitative estimate of drug-likeness (QED) is 0.895. The Balaban J connectivity index is 2.33. The highest BCUT2D eigenvalue weighted by Gasteiger charge is 2.21. The molecule has 0 spiro atoms. The highest BCUT2D eigenvalue weighted by Crippen LogP contribution is 2.25. The number of hydrogen-bond acceptors (Lipinski definition) is 3. The molecule has 0 radical (unpaired) electrons. The molecule has 100 valence electrons. The number of fused-ring (bicyclic) bond motifs is 1. The van der Waals surface area contributed by atoms with Gasteiger partial charge in [0.2, 0.25) is 0 Å². The molecule has 1 unspecified atom stereocenters. The van der Waals surface area contributed by atoms with E-state index >= 15 is 0 Å². The fraction of sp³-hybridized carbons (Fsp3) is 0.357. The number of benzene rings is 1. The summed E-state index contributed by atoms with van der Waals surface area (Å²) in [5.74, 6) is -0.435. The molecule has 1 fully saturated rings. The second kappa shape index (κ2) is 4.75. The van der Waals surface area contributed by atoms with E-state index in [9.17, 15) is 14.3 Å². The summed E-state index contributed by atoms with van der Waals surface area (Å²) >= 11 is 0. The lowest BCUT2D eigenvalue weighted by Gasteiger charge is -2.20. The van der Waals surface area contributed by atoms with Crippen molar-refractivity contribution < 1.29 is 14.2 Å². The summed E-state index contributed by atoms with van der Waals surface area (Å²) in [7, 11) is 0. The minimum absolute atomic E-state index is 0.0794. The SMILES string of the molecule is O=c1cc(CO)n(C2CCOC2)c2ccc(F)cc12. The van der Waals surface area contributed by atoms with Gasteiger partial charge in [-0.15, -0.1) is 0 Å². The Morgan fingerprint density at radius 1 is 1.42 bits per heavy atom. The van der Waals surface area contributed by atoms with E-state index in [4.69, 9.17) is 4.74 Å². The van der Waals surface area contributed by atoms with Crippen LogP contribution < -0.4 is 5.43 Å². The average molecular weight is 263 g/mol. The van der Waals surface area contributed by atoms with E-state index in [-0.39, 0.29) is 18.1 Å². The van der Waals surface area contributed by atoms with Crippen molar-refractivity contribution in [2.75, 3.05) is 13.2 Å². The third kappa shape index (κ3) is 2.05. The van der Waals surface area contributed by atoms with Crippen LogP contribution in [0.15, 0.2) is 29.1 Å². The number of nitrogens with zero attached hydrogens (tertiary/aromatic N) is 1. The van der Waals surface area contributed by atoms with Crippen LogP contribution in [0.25, 0.3) is 10.9 Å². The van der Waals surface area contributed by atoms with Crippen molar-refractivity contribution in [1.82, 2.24) is 4.57 Å². The van der Waals surface area contributed by atoms with Gasteiger partial charge in [0.25, 0.3) is 0 Å². The molecule has 1 atom stereocenters. The van der Waals surface area contributed by atoms with Gasteiger partial charge in [-0.3, -0.25) is 4.79 Å². The first-order valence-corrected chi connectivity index (χ1v) is 6.23. The van der Waals surface area contributed by atoms with Gasteiger partial charge in [-0.25, -0.2) is 4.39 Å². The van der Waals surface area contributed by atoms with Crippen LogP contribution in [0, 0.1) is 5.82 Å². The van der Waals surface area contributed by atoms with Crippen LogP contribution in [-0.4, -0.2) is 22.9 Å². The molecule has 1 aromatic carbocycles. The van der Waals surface area contributed by atoms with Crippen molar-refractivity contribution in [3.63, 3.8) is 0 Å². The Labute approximate surface area is 109 Å². The number of pyridine rings is 1. The van der Waals surface area contributed by atoms with Crippen molar-refractivity contribution in [2.45, 2.75) is 19.1 Å². The normalized spacial score (nSPS) is 19.2. The van der Waals surface area contributed by atoms with E-state index in [1.54, 1.807) is 6.07 Å². The maximum absolute atomic E-state index is 13.3. The minimum Gasteiger partial charge on any atom is -0.390 e. The first kappa shape index (κ1) is 12.3. The standard InChI is InChI=1S/C14H14FNO3/c15-9-1-2-13-12(5-9)14(18)6-11(7-17)16(13)10-3-4-19-8-10/h1-2,5-6,10,17H,3-4,7-8H2. The van der Waals surface area contributed by atoms with Crippen LogP contribution in [0.3, 0.4) is 0 Å². The molecule has 4 nitrogen and oxygen atoms in total. The molecule has 1 aliphatic rings. The molecule has 3 rings (SSSR count). The van der Waals surface area contributed by atoms with Gasteiger partial charge in [0.1, 0.15) is 5.82 Å². The Morgan fingerprint density at radius 3 is 2.95 bits per heavy atom. The number of aromatic nitrogens is 1. The lowest BCUT2D eigenvalue weighted by atomic mass is 10.1. The molecular weight excluding hydrogens is 249 g/mol. The summed E-state index contributed by atoms with van der Waals surface area (Å²) < 4.78 is 20.5. The fourth-order valence-electron chi connectivity index (χ4n) is 2.65. The molecule has 1 saturated heterocycles. The maximum Gasteiger partial charge on any atom is 0.189 e. The molecule has 2 heterocycles. The average Bonchev–Trinajstić information content (AvgIpc) is 2.92. The number of ether oxygens (including phenoxy) is 1. The third-order valence-corrected chi connectivity index (χ3v) is 3.52. The van der Waals surface area contributed by atoms with E-state index in [1.165, 1.54) is 18.2 Å².